The molecule has 15 heavy (non-hydrogen) atoms. The average Bonchev–Trinajstić information content (AvgIpc) is 2.66. The van der Waals surface area contributed by atoms with Crippen molar-refractivity contribution < 1.29 is 8.81 Å². The number of rotatable bonds is 2. The van der Waals surface area contributed by atoms with Crippen molar-refractivity contribution in [2.75, 3.05) is 0 Å². The molecule has 1 heterocycles. The van der Waals surface area contributed by atoms with Crippen molar-refractivity contribution in [1.29, 1.82) is 0 Å². The van der Waals surface area contributed by atoms with Crippen molar-refractivity contribution in [2.24, 2.45) is 5.73 Å². The highest BCUT2D eigenvalue weighted by molar-refractivity contribution is 6.30. The van der Waals surface area contributed by atoms with Gasteiger partial charge in [-0.3, -0.25) is 0 Å². The summed E-state index contributed by atoms with van der Waals surface area (Å²) in [5.41, 5.74) is 5.66. The molecular formula is C10H8ClFN2O. The maximum atomic E-state index is 13.4. The minimum absolute atomic E-state index is 0.190. The van der Waals surface area contributed by atoms with Crippen LogP contribution in [0.1, 0.15) is 5.89 Å². The van der Waals surface area contributed by atoms with Crippen LogP contribution in [0, 0.1) is 5.82 Å². The van der Waals surface area contributed by atoms with Gasteiger partial charge in [0.1, 0.15) is 5.82 Å². The summed E-state index contributed by atoms with van der Waals surface area (Å²) in [5.74, 6) is 0.284. The first-order valence-corrected chi connectivity index (χ1v) is 4.68. The Bertz CT molecular complexity index is 484. The summed E-state index contributed by atoms with van der Waals surface area (Å²) in [6, 6.07) is 4.35. The van der Waals surface area contributed by atoms with E-state index in [-0.39, 0.29) is 6.54 Å². The van der Waals surface area contributed by atoms with Gasteiger partial charge in [-0.1, -0.05) is 11.6 Å². The minimum Gasteiger partial charge on any atom is -0.439 e. The molecule has 0 aliphatic carbocycles. The molecule has 0 bridgehead atoms. The van der Waals surface area contributed by atoms with E-state index >= 15 is 0 Å². The van der Waals surface area contributed by atoms with Crippen LogP contribution in [0.5, 0.6) is 0 Å². The number of aromatic nitrogens is 1. The third-order valence-corrected chi connectivity index (χ3v) is 2.16. The Kier molecular flexibility index (Phi) is 2.70. The van der Waals surface area contributed by atoms with Crippen LogP contribution in [-0.2, 0) is 6.54 Å². The molecule has 0 saturated carbocycles. The van der Waals surface area contributed by atoms with Crippen LogP contribution in [0.2, 0.25) is 5.02 Å². The predicted octanol–water partition coefficient (Wildman–Crippen LogP) is 2.59. The SMILES string of the molecule is NCc1ncc(-c2ccc(Cl)cc2F)o1. The average molecular weight is 227 g/mol. The molecule has 78 valence electrons. The van der Waals surface area contributed by atoms with E-state index in [1.165, 1.54) is 12.3 Å². The molecule has 0 unspecified atom stereocenters. The van der Waals surface area contributed by atoms with Gasteiger partial charge in [-0.05, 0) is 18.2 Å². The highest BCUT2D eigenvalue weighted by Crippen LogP contribution is 2.25. The van der Waals surface area contributed by atoms with Gasteiger partial charge in [-0.2, -0.15) is 0 Å². The lowest BCUT2D eigenvalue weighted by Gasteiger charge is -1.98. The number of halogens is 2. The van der Waals surface area contributed by atoms with Crippen LogP contribution < -0.4 is 5.73 Å². The number of hydrogen-bond donors (Lipinski definition) is 1. The Morgan fingerprint density at radius 2 is 2.27 bits per heavy atom. The van der Waals surface area contributed by atoms with Gasteiger partial charge < -0.3 is 10.2 Å². The Morgan fingerprint density at radius 1 is 1.47 bits per heavy atom. The van der Waals surface area contributed by atoms with Gasteiger partial charge in [0.15, 0.2) is 5.76 Å². The van der Waals surface area contributed by atoms with Crippen LogP contribution in [0.4, 0.5) is 4.39 Å². The van der Waals surface area contributed by atoms with Crippen molar-refractivity contribution in [2.45, 2.75) is 6.54 Å². The smallest absolute Gasteiger partial charge is 0.208 e. The monoisotopic (exact) mass is 226 g/mol. The lowest BCUT2D eigenvalue weighted by atomic mass is 10.2. The largest absolute Gasteiger partial charge is 0.439 e. The van der Waals surface area contributed by atoms with E-state index < -0.39 is 5.82 Å². The van der Waals surface area contributed by atoms with Gasteiger partial charge in [0.05, 0.1) is 18.3 Å². The van der Waals surface area contributed by atoms with E-state index in [1.54, 1.807) is 12.1 Å². The molecule has 2 rings (SSSR count). The van der Waals surface area contributed by atoms with E-state index in [9.17, 15) is 4.39 Å². The number of hydrogen-bond acceptors (Lipinski definition) is 3. The summed E-state index contributed by atoms with van der Waals surface area (Å²) in [6.07, 6.45) is 1.44. The van der Waals surface area contributed by atoms with E-state index in [0.29, 0.717) is 22.2 Å². The van der Waals surface area contributed by atoms with Crippen molar-refractivity contribution in [1.82, 2.24) is 4.98 Å². The van der Waals surface area contributed by atoms with Crippen molar-refractivity contribution in [3.8, 4) is 11.3 Å². The second-order valence-corrected chi connectivity index (χ2v) is 3.38. The van der Waals surface area contributed by atoms with Crippen LogP contribution in [0.3, 0.4) is 0 Å². The maximum absolute atomic E-state index is 13.4. The standard InChI is InChI=1S/C10H8ClFN2O/c11-6-1-2-7(8(12)3-6)9-5-14-10(4-13)15-9/h1-3,5H,4,13H2. The Balaban J connectivity index is 2.44. The zero-order chi connectivity index (χ0) is 10.8. The summed E-state index contributed by atoms with van der Waals surface area (Å²) >= 11 is 5.63. The number of benzene rings is 1. The van der Waals surface area contributed by atoms with Crippen molar-refractivity contribution >= 4 is 11.6 Å². The molecule has 2 aromatic rings. The fraction of sp³-hybridized carbons (Fsp3) is 0.100. The quantitative estimate of drug-likeness (QED) is 0.856. The van der Waals surface area contributed by atoms with Crippen molar-refractivity contribution in [3.05, 3.63) is 41.1 Å². The van der Waals surface area contributed by atoms with Crippen LogP contribution >= 0.6 is 11.6 Å². The molecule has 1 aromatic carbocycles. The predicted molar refractivity (Wildman–Crippen MR) is 54.8 cm³/mol. The maximum Gasteiger partial charge on any atom is 0.208 e. The summed E-state index contributed by atoms with van der Waals surface area (Å²) in [6.45, 7) is 0.190. The molecule has 1 aromatic heterocycles. The third kappa shape index (κ3) is 2.00. The summed E-state index contributed by atoms with van der Waals surface area (Å²) in [7, 11) is 0. The van der Waals surface area contributed by atoms with Gasteiger partial charge in [-0.15, -0.1) is 0 Å². The van der Waals surface area contributed by atoms with Crippen LogP contribution in [0.15, 0.2) is 28.8 Å². The van der Waals surface area contributed by atoms with Gasteiger partial charge >= 0.3 is 0 Å². The molecule has 0 aliphatic heterocycles. The zero-order valence-corrected chi connectivity index (χ0v) is 8.46. The van der Waals surface area contributed by atoms with E-state index in [2.05, 4.69) is 4.98 Å². The Hall–Kier alpha value is -1.39. The lowest BCUT2D eigenvalue weighted by molar-refractivity contribution is 0.505. The number of oxazole rings is 1. The summed E-state index contributed by atoms with van der Waals surface area (Å²) in [4.78, 5) is 3.88. The topological polar surface area (TPSA) is 52.0 Å². The molecular weight excluding hydrogens is 219 g/mol. The molecule has 2 N–H and O–H groups in total. The fourth-order valence-electron chi connectivity index (χ4n) is 1.22. The van der Waals surface area contributed by atoms with Crippen LogP contribution in [-0.4, -0.2) is 4.98 Å². The van der Waals surface area contributed by atoms with E-state index in [0.717, 1.165) is 0 Å². The minimum atomic E-state index is -0.442. The second kappa shape index (κ2) is 4.00. The Morgan fingerprint density at radius 3 is 2.87 bits per heavy atom. The summed E-state index contributed by atoms with van der Waals surface area (Å²) < 4.78 is 18.7. The molecule has 0 fully saturated rings. The third-order valence-electron chi connectivity index (χ3n) is 1.92. The van der Waals surface area contributed by atoms with Crippen LogP contribution in [0.25, 0.3) is 11.3 Å². The van der Waals surface area contributed by atoms with Gasteiger partial charge in [-0.25, -0.2) is 9.37 Å². The molecule has 0 atom stereocenters. The summed E-state index contributed by atoms with van der Waals surface area (Å²) in [5, 5.41) is 0.342. The van der Waals surface area contributed by atoms with E-state index in [1.807, 2.05) is 0 Å². The molecule has 0 amide bonds. The molecule has 0 aliphatic rings. The molecule has 0 spiro atoms. The number of nitrogens with two attached hydrogens (primary N) is 1. The lowest BCUT2D eigenvalue weighted by Crippen LogP contribution is -1.94. The van der Waals surface area contributed by atoms with Crippen molar-refractivity contribution in [3.63, 3.8) is 0 Å². The molecule has 0 saturated heterocycles. The Labute approximate surface area is 90.7 Å². The highest BCUT2D eigenvalue weighted by Gasteiger charge is 2.10. The number of nitrogens with zero attached hydrogens (tertiary/aromatic N) is 1. The zero-order valence-electron chi connectivity index (χ0n) is 7.71. The normalized spacial score (nSPS) is 10.6. The molecule has 3 nitrogen and oxygen atoms in total. The van der Waals surface area contributed by atoms with Gasteiger partial charge in [0, 0.05) is 5.02 Å². The molecule has 5 heteroatoms. The first-order valence-electron chi connectivity index (χ1n) is 4.31. The fourth-order valence-corrected chi connectivity index (χ4v) is 1.38. The first kappa shape index (κ1) is 10.1. The van der Waals surface area contributed by atoms with E-state index in [4.69, 9.17) is 21.8 Å². The second-order valence-electron chi connectivity index (χ2n) is 2.95. The highest BCUT2D eigenvalue weighted by atomic mass is 35.5. The molecule has 0 radical (unpaired) electrons. The van der Waals surface area contributed by atoms with Gasteiger partial charge in [0.25, 0.3) is 0 Å². The first-order chi connectivity index (χ1) is 7.20. The van der Waals surface area contributed by atoms with Gasteiger partial charge in [0.2, 0.25) is 5.89 Å².